The molecule has 3 rings (SSSR count). The third-order valence-corrected chi connectivity index (χ3v) is 5.76. The molecule has 2 aromatic rings. The van der Waals surface area contributed by atoms with Gasteiger partial charge in [-0.3, -0.25) is 9.59 Å². The van der Waals surface area contributed by atoms with Gasteiger partial charge in [-0.25, -0.2) is 0 Å². The van der Waals surface area contributed by atoms with Gasteiger partial charge in [-0.15, -0.1) is 0 Å². The van der Waals surface area contributed by atoms with Gasteiger partial charge in [-0.2, -0.15) is 0 Å². The highest BCUT2D eigenvalue weighted by atomic mass is 35.5. The van der Waals surface area contributed by atoms with Crippen LogP contribution in [0.5, 0.6) is 5.75 Å². The van der Waals surface area contributed by atoms with E-state index in [4.69, 9.17) is 21.1 Å². The first-order valence-corrected chi connectivity index (χ1v) is 9.89. The van der Waals surface area contributed by atoms with Crippen molar-refractivity contribution in [1.29, 1.82) is 0 Å². The number of hydrogen-bond acceptors (Lipinski definition) is 4. The molecule has 0 spiro atoms. The molecule has 2 aromatic carbocycles. The van der Waals surface area contributed by atoms with E-state index >= 15 is 0 Å². The molecule has 0 atom stereocenters. The number of para-hydroxylation sites is 1. The van der Waals surface area contributed by atoms with Gasteiger partial charge in [-0.05, 0) is 43.5 Å². The smallest absolute Gasteiger partial charge is 0.313 e. The molecule has 0 aliphatic carbocycles. The number of methoxy groups -OCH3 is 1. The summed E-state index contributed by atoms with van der Waals surface area (Å²) in [7, 11) is 1.63. The number of hydrogen-bond donors (Lipinski definition) is 2. The molecule has 0 unspecified atom stereocenters. The molecule has 7 heteroatoms. The Labute approximate surface area is 175 Å². The topological polar surface area (TPSA) is 76.7 Å². The summed E-state index contributed by atoms with van der Waals surface area (Å²) in [6, 6.07) is 12.9. The number of ether oxygens (including phenoxy) is 2. The van der Waals surface area contributed by atoms with Crippen LogP contribution in [0.1, 0.15) is 24.0 Å². The molecule has 1 aliphatic heterocycles. The zero-order valence-electron chi connectivity index (χ0n) is 16.6. The minimum absolute atomic E-state index is 0.317. The van der Waals surface area contributed by atoms with Crippen LogP contribution in [0.2, 0.25) is 5.02 Å². The first kappa shape index (κ1) is 21.1. The van der Waals surface area contributed by atoms with Gasteiger partial charge < -0.3 is 20.1 Å². The molecule has 0 radical (unpaired) electrons. The van der Waals surface area contributed by atoms with Crippen molar-refractivity contribution in [2.24, 2.45) is 0 Å². The van der Waals surface area contributed by atoms with Gasteiger partial charge in [0.1, 0.15) is 5.75 Å². The zero-order valence-corrected chi connectivity index (χ0v) is 17.3. The zero-order chi connectivity index (χ0) is 20.9. The number of amides is 2. The maximum atomic E-state index is 12.5. The maximum absolute atomic E-state index is 12.5. The lowest BCUT2D eigenvalue weighted by molar-refractivity contribution is -0.136. The number of aryl methyl sites for hydroxylation is 1. The van der Waals surface area contributed by atoms with Crippen LogP contribution in [-0.4, -0.2) is 38.7 Å². The Bertz CT molecular complexity index is 894. The number of benzene rings is 2. The predicted octanol–water partition coefficient (Wildman–Crippen LogP) is 3.46. The summed E-state index contributed by atoms with van der Waals surface area (Å²) in [5, 5.41) is 5.91. The molecular formula is C22H25ClN2O4. The van der Waals surface area contributed by atoms with Gasteiger partial charge >= 0.3 is 11.8 Å². The Kier molecular flexibility index (Phi) is 6.77. The molecule has 1 aliphatic rings. The highest BCUT2D eigenvalue weighted by molar-refractivity contribution is 6.40. The summed E-state index contributed by atoms with van der Waals surface area (Å²) in [6.07, 6.45) is 1.45. The van der Waals surface area contributed by atoms with Crippen LogP contribution >= 0.6 is 11.6 Å². The minimum atomic E-state index is -0.729. The van der Waals surface area contributed by atoms with Crippen molar-refractivity contribution in [2.75, 3.05) is 32.2 Å². The van der Waals surface area contributed by atoms with Gasteiger partial charge in [-0.1, -0.05) is 35.9 Å². The molecule has 2 N–H and O–H groups in total. The number of rotatable bonds is 5. The second-order valence-electron chi connectivity index (χ2n) is 7.19. The molecule has 0 saturated carbocycles. The average Bonchev–Trinajstić information content (AvgIpc) is 2.75. The fourth-order valence-corrected chi connectivity index (χ4v) is 3.76. The van der Waals surface area contributed by atoms with E-state index in [1.54, 1.807) is 25.3 Å². The molecule has 6 nitrogen and oxygen atoms in total. The molecule has 1 heterocycles. The van der Waals surface area contributed by atoms with Gasteiger partial charge in [0.05, 0.1) is 7.11 Å². The first-order chi connectivity index (χ1) is 13.9. The Morgan fingerprint density at radius 2 is 1.86 bits per heavy atom. The van der Waals surface area contributed by atoms with E-state index in [2.05, 4.69) is 10.6 Å². The van der Waals surface area contributed by atoms with E-state index in [-0.39, 0.29) is 5.41 Å². The molecule has 0 aromatic heterocycles. The summed E-state index contributed by atoms with van der Waals surface area (Å²) in [6.45, 7) is 3.35. The van der Waals surface area contributed by atoms with E-state index in [0.717, 1.165) is 29.7 Å². The lowest BCUT2D eigenvalue weighted by Crippen LogP contribution is -2.47. The fraction of sp³-hybridized carbons (Fsp3) is 0.364. The van der Waals surface area contributed by atoms with E-state index in [1.165, 1.54) is 0 Å². The van der Waals surface area contributed by atoms with Crippen LogP contribution in [0.15, 0.2) is 42.5 Å². The van der Waals surface area contributed by atoms with Crippen LogP contribution in [0.4, 0.5) is 5.69 Å². The van der Waals surface area contributed by atoms with E-state index < -0.39 is 11.8 Å². The molecule has 154 valence electrons. The van der Waals surface area contributed by atoms with Crippen molar-refractivity contribution in [1.82, 2.24) is 5.32 Å². The van der Waals surface area contributed by atoms with E-state index in [1.807, 2.05) is 31.2 Å². The van der Waals surface area contributed by atoms with Crippen LogP contribution < -0.4 is 15.4 Å². The van der Waals surface area contributed by atoms with E-state index in [9.17, 15) is 9.59 Å². The molecule has 1 fully saturated rings. The summed E-state index contributed by atoms with van der Waals surface area (Å²) < 4.78 is 11.1. The standard InChI is InChI=1S/C22H25ClN2O4/c1-15-7-8-16(13-18(15)23)25-21(27)20(26)24-14-22(9-11-29-12-10-22)17-5-3-4-6-19(17)28-2/h3-8,13H,9-12,14H2,1-2H3,(H,24,26)(H,25,27). The molecule has 29 heavy (non-hydrogen) atoms. The highest BCUT2D eigenvalue weighted by Crippen LogP contribution is 2.39. The quantitative estimate of drug-likeness (QED) is 0.732. The highest BCUT2D eigenvalue weighted by Gasteiger charge is 2.37. The van der Waals surface area contributed by atoms with Crippen molar-refractivity contribution in [3.05, 3.63) is 58.6 Å². The Morgan fingerprint density at radius 1 is 1.14 bits per heavy atom. The predicted molar refractivity (Wildman–Crippen MR) is 113 cm³/mol. The van der Waals surface area contributed by atoms with Gasteiger partial charge in [0.15, 0.2) is 0 Å². The van der Waals surface area contributed by atoms with Gasteiger partial charge in [0.2, 0.25) is 0 Å². The fourth-order valence-electron chi connectivity index (χ4n) is 3.57. The molecular weight excluding hydrogens is 392 g/mol. The average molecular weight is 417 g/mol. The summed E-state index contributed by atoms with van der Waals surface area (Å²) in [5.41, 5.74) is 2.03. The van der Waals surface area contributed by atoms with Crippen molar-refractivity contribution in [2.45, 2.75) is 25.2 Å². The molecule has 2 amide bonds. The lowest BCUT2D eigenvalue weighted by atomic mass is 9.73. The number of nitrogens with one attached hydrogen (secondary N) is 2. The Balaban J connectivity index is 1.71. The number of carbonyl (C=O) groups is 2. The maximum Gasteiger partial charge on any atom is 0.313 e. The molecule has 0 bridgehead atoms. The summed E-state index contributed by atoms with van der Waals surface area (Å²) in [5.74, 6) is -0.656. The normalized spacial score (nSPS) is 15.4. The Morgan fingerprint density at radius 3 is 2.55 bits per heavy atom. The van der Waals surface area contributed by atoms with Gasteiger partial charge in [0.25, 0.3) is 0 Å². The van der Waals surface area contributed by atoms with Gasteiger partial charge in [0, 0.05) is 41.4 Å². The third-order valence-electron chi connectivity index (χ3n) is 5.35. The van der Waals surface area contributed by atoms with Crippen molar-refractivity contribution in [3.8, 4) is 5.75 Å². The first-order valence-electron chi connectivity index (χ1n) is 9.52. The monoisotopic (exact) mass is 416 g/mol. The second kappa shape index (κ2) is 9.29. The van der Waals surface area contributed by atoms with Crippen LogP contribution in [0.25, 0.3) is 0 Å². The van der Waals surface area contributed by atoms with E-state index in [0.29, 0.717) is 30.5 Å². The van der Waals surface area contributed by atoms with Crippen LogP contribution in [-0.2, 0) is 19.7 Å². The largest absolute Gasteiger partial charge is 0.496 e. The van der Waals surface area contributed by atoms with Crippen molar-refractivity contribution < 1.29 is 19.1 Å². The van der Waals surface area contributed by atoms with Crippen molar-refractivity contribution >= 4 is 29.1 Å². The van der Waals surface area contributed by atoms with Crippen molar-refractivity contribution in [3.63, 3.8) is 0 Å². The number of anilines is 1. The summed E-state index contributed by atoms with van der Waals surface area (Å²) >= 11 is 6.08. The SMILES string of the molecule is COc1ccccc1C1(CNC(=O)C(=O)Nc2ccc(C)c(Cl)c2)CCOCC1. The minimum Gasteiger partial charge on any atom is -0.496 e. The Hall–Kier alpha value is -2.57. The lowest BCUT2D eigenvalue weighted by Gasteiger charge is -2.38. The van der Waals surface area contributed by atoms with Crippen LogP contribution in [0.3, 0.4) is 0 Å². The second-order valence-corrected chi connectivity index (χ2v) is 7.60. The number of carbonyl (C=O) groups excluding carboxylic acids is 2. The number of halogens is 1. The summed E-state index contributed by atoms with van der Waals surface area (Å²) in [4.78, 5) is 24.8. The molecule has 1 saturated heterocycles. The third kappa shape index (κ3) is 4.89. The van der Waals surface area contributed by atoms with Crippen LogP contribution in [0, 0.1) is 6.92 Å².